The maximum absolute atomic E-state index is 12.5. The summed E-state index contributed by atoms with van der Waals surface area (Å²) in [6, 6.07) is 10.1. The van der Waals surface area contributed by atoms with Gasteiger partial charge in [0.1, 0.15) is 0 Å². The van der Waals surface area contributed by atoms with E-state index < -0.39 is 11.8 Å². The van der Waals surface area contributed by atoms with Gasteiger partial charge < -0.3 is 15.5 Å². The summed E-state index contributed by atoms with van der Waals surface area (Å²) in [4.78, 5) is 29.5. The quantitative estimate of drug-likeness (QED) is 0.737. The van der Waals surface area contributed by atoms with Gasteiger partial charge in [-0.1, -0.05) is 30.3 Å². The Bertz CT molecular complexity index is 856. The fourth-order valence-corrected chi connectivity index (χ4v) is 3.66. The second-order valence-electron chi connectivity index (χ2n) is 7.60. The van der Waals surface area contributed by atoms with Crippen molar-refractivity contribution in [3.05, 3.63) is 47.3 Å². The van der Waals surface area contributed by atoms with Crippen molar-refractivity contribution in [1.29, 1.82) is 0 Å². The predicted octanol–water partition coefficient (Wildman–Crippen LogP) is 1.08. The zero-order valence-corrected chi connectivity index (χ0v) is 17.6. The summed E-state index contributed by atoms with van der Waals surface area (Å²) in [6.45, 7) is 7.85. The molecule has 2 heterocycles. The number of piperazine rings is 1. The number of carbonyl (C=O) groups excluding carboxylic acids is 2. The molecule has 3 rings (SSSR count). The van der Waals surface area contributed by atoms with E-state index in [2.05, 4.69) is 44.7 Å². The second kappa shape index (κ2) is 9.19. The third-order valence-electron chi connectivity index (χ3n) is 5.57. The fraction of sp³-hybridized carbons (Fsp3) is 0.476. The number of likely N-dealkylation sites (N-methyl/N-ethyl adjacent to an activating group) is 1. The van der Waals surface area contributed by atoms with E-state index in [9.17, 15) is 9.59 Å². The van der Waals surface area contributed by atoms with Crippen molar-refractivity contribution in [2.75, 3.05) is 45.1 Å². The van der Waals surface area contributed by atoms with Crippen LogP contribution in [0.2, 0.25) is 0 Å². The summed E-state index contributed by atoms with van der Waals surface area (Å²) in [5.41, 5.74) is 3.22. The molecule has 0 aliphatic carbocycles. The Hall–Kier alpha value is -2.71. The maximum Gasteiger partial charge on any atom is 0.313 e. The summed E-state index contributed by atoms with van der Waals surface area (Å²) in [6.07, 6.45) is 0. The summed E-state index contributed by atoms with van der Waals surface area (Å²) < 4.78 is 1.68. The molecule has 0 spiro atoms. The lowest BCUT2D eigenvalue weighted by Crippen LogP contribution is -2.49. The molecule has 0 radical (unpaired) electrons. The maximum atomic E-state index is 12.5. The molecule has 156 valence electrons. The smallest absolute Gasteiger partial charge is 0.313 e. The van der Waals surface area contributed by atoms with Crippen LogP contribution in [0, 0.1) is 13.8 Å². The first-order valence-corrected chi connectivity index (χ1v) is 9.93. The third kappa shape index (κ3) is 5.02. The number of rotatable bonds is 5. The van der Waals surface area contributed by atoms with E-state index in [0.29, 0.717) is 17.9 Å². The summed E-state index contributed by atoms with van der Waals surface area (Å²) in [7, 11) is 3.92. The zero-order chi connectivity index (χ0) is 21.0. The van der Waals surface area contributed by atoms with Gasteiger partial charge in [0.2, 0.25) is 0 Å². The van der Waals surface area contributed by atoms with Gasteiger partial charge in [0.15, 0.2) is 0 Å². The number of nitrogens with zero attached hydrogens (tertiary/aromatic N) is 4. The number of carbonyl (C=O) groups is 2. The summed E-state index contributed by atoms with van der Waals surface area (Å²) in [5.74, 6) is -1.31. The lowest BCUT2D eigenvalue weighted by Gasteiger charge is -2.38. The molecule has 8 nitrogen and oxygen atoms in total. The number of nitrogens with one attached hydrogen (secondary N) is 2. The Kier molecular flexibility index (Phi) is 6.66. The van der Waals surface area contributed by atoms with E-state index in [1.165, 1.54) is 0 Å². The van der Waals surface area contributed by atoms with Crippen LogP contribution in [0.3, 0.4) is 0 Å². The van der Waals surface area contributed by atoms with Crippen LogP contribution in [0.5, 0.6) is 0 Å². The second-order valence-corrected chi connectivity index (χ2v) is 7.60. The van der Waals surface area contributed by atoms with Crippen LogP contribution in [0.15, 0.2) is 30.3 Å². The highest BCUT2D eigenvalue weighted by Crippen LogP contribution is 2.21. The van der Waals surface area contributed by atoms with E-state index in [1.807, 2.05) is 25.1 Å². The lowest BCUT2D eigenvalue weighted by atomic mass is 10.0. The molecule has 2 aromatic rings. The van der Waals surface area contributed by atoms with Gasteiger partial charge >= 0.3 is 11.8 Å². The van der Waals surface area contributed by atoms with Crippen molar-refractivity contribution in [2.45, 2.75) is 19.9 Å². The fourth-order valence-electron chi connectivity index (χ4n) is 3.66. The van der Waals surface area contributed by atoms with Crippen molar-refractivity contribution in [2.24, 2.45) is 7.05 Å². The molecule has 1 aliphatic rings. The van der Waals surface area contributed by atoms with Gasteiger partial charge in [-0.3, -0.25) is 19.2 Å². The Labute approximate surface area is 171 Å². The number of aryl methyl sites for hydroxylation is 2. The lowest BCUT2D eigenvalue weighted by molar-refractivity contribution is -0.136. The van der Waals surface area contributed by atoms with Crippen LogP contribution in [-0.4, -0.2) is 71.2 Å². The van der Waals surface area contributed by atoms with Crippen LogP contribution in [0.1, 0.15) is 23.0 Å². The minimum absolute atomic E-state index is 0.0310. The Balaban J connectivity index is 1.65. The van der Waals surface area contributed by atoms with Gasteiger partial charge in [0.25, 0.3) is 0 Å². The van der Waals surface area contributed by atoms with E-state index in [4.69, 9.17) is 0 Å². The van der Waals surface area contributed by atoms with Crippen molar-refractivity contribution < 1.29 is 9.59 Å². The highest BCUT2D eigenvalue weighted by Gasteiger charge is 2.26. The predicted molar refractivity (Wildman–Crippen MR) is 113 cm³/mol. The molecule has 2 amide bonds. The molecule has 0 saturated carbocycles. The molecule has 29 heavy (non-hydrogen) atoms. The standard InChI is InChI=1S/C21H30N6O2/c1-15-19(16(2)26(4)24-15)23-21(29)20(28)22-14-18(17-8-6-5-7-9-17)27-12-10-25(3)11-13-27/h5-9,18H,10-14H2,1-4H3,(H,22,28)(H,23,29)/t18-/m0/s1. The largest absolute Gasteiger partial charge is 0.346 e. The van der Waals surface area contributed by atoms with Gasteiger partial charge in [-0.15, -0.1) is 0 Å². The number of hydrogen-bond donors (Lipinski definition) is 2. The average molecular weight is 399 g/mol. The molecule has 1 aliphatic heterocycles. The van der Waals surface area contributed by atoms with Crippen LogP contribution in [0.4, 0.5) is 5.69 Å². The van der Waals surface area contributed by atoms with Crippen molar-refractivity contribution in [3.63, 3.8) is 0 Å². The number of benzene rings is 1. The van der Waals surface area contributed by atoms with Gasteiger partial charge in [-0.05, 0) is 26.5 Å². The van der Waals surface area contributed by atoms with Crippen LogP contribution >= 0.6 is 0 Å². The van der Waals surface area contributed by atoms with E-state index in [-0.39, 0.29) is 6.04 Å². The molecule has 8 heteroatoms. The normalized spacial score (nSPS) is 16.4. The average Bonchev–Trinajstić information content (AvgIpc) is 2.96. The first kappa shape index (κ1) is 21.0. The molecular formula is C21H30N6O2. The van der Waals surface area contributed by atoms with E-state index >= 15 is 0 Å². The molecule has 1 aromatic carbocycles. The molecule has 0 bridgehead atoms. The Morgan fingerprint density at radius 1 is 1.03 bits per heavy atom. The van der Waals surface area contributed by atoms with Crippen LogP contribution in [-0.2, 0) is 16.6 Å². The van der Waals surface area contributed by atoms with Crippen LogP contribution in [0.25, 0.3) is 0 Å². The Morgan fingerprint density at radius 2 is 1.69 bits per heavy atom. The highest BCUT2D eigenvalue weighted by molar-refractivity contribution is 6.39. The molecule has 2 N–H and O–H groups in total. The van der Waals surface area contributed by atoms with Gasteiger partial charge in [0, 0.05) is 39.8 Å². The van der Waals surface area contributed by atoms with E-state index in [1.54, 1.807) is 18.7 Å². The third-order valence-corrected chi connectivity index (χ3v) is 5.57. The van der Waals surface area contributed by atoms with Crippen molar-refractivity contribution in [1.82, 2.24) is 24.9 Å². The van der Waals surface area contributed by atoms with Gasteiger partial charge in [-0.25, -0.2) is 0 Å². The van der Waals surface area contributed by atoms with Gasteiger partial charge in [-0.2, -0.15) is 5.10 Å². The zero-order valence-electron chi connectivity index (χ0n) is 17.6. The topological polar surface area (TPSA) is 82.5 Å². The molecule has 0 unspecified atom stereocenters. The first-order valence-electron chi connectivity index (χ1n) is 9.93. The SMILES string of the molecule is Cc1nn(C)c(C)c1NC(=O)C(=O)NC[C@@H](c1ccccc1)N1CCN(C)CC1. The monoisotopic (exact) mass is 398 g/mol. The number of aromatic nitrogens is 2. The summed E-state index contributed by atoms with van der Waals surface area (Å²) in [5, 5.41) is 9.78. The Morgan fingerprint density at radius 3 is 2.28 bits per heavy atom. The number of amides is 2. The van der Waals surface area contributed by atoms with Gasteiger partial charge in [0.05, 0.1) is 23.1 Å². The molecule has 1 saturated heterocycles. The molecule has 1 atom stereocenters. The van der Waals surface area contributed by atoms with E-state index in [0.717, 1.165) is 37.4 Å². The number of hydrogen-bond acceptors (Lipinski definition) is 5. The number of anilines is 1. The highest BCUT2D eigenvalue weighted by atomic mass is 16.2. The molecular weight excluding hydrogens is 368 g/mol. The molecule has 1 aromatic heterocycles. The minimum atomic E-state index is -0.672. The summed E-state index contributed by atoms with van der Waals surface area (Å²) >= 11 is 0. The van der Waals surface area contributed by atoms with Crippen molar-refractivity contribution in [3.8, 4) is 0 Å². The van der Waals surface area contributed by atoms with Crippen molar-refractivity contribution >= 4 is 17.5 Å². The minimum Gasteiger partial charge on any atom is -0.346 e. The van der Waals surface area contributed by atoms with Crippen LogP contribution < -0.4 is 10.6 Å². The molecule has 1 fully saturated rings. The first-order chi connectivity index (χ1) is 13.9.